The fraction of sp³-hybridized carbons (Fsp3) is 0. The molecule has 0 radical (unpaired) electrons. The molecule has 1 aromatic rings. The normalized spacial score (nSPS) is 23.3. The number of benzene rings is 1. The van der Waals surface area contributed by atoms with Gasteiger partial charge in [0.25, 0.3) is 0 Å². The van der Waals surface area contributed by atoms with Crippen LogP contribution in [0.2, 0.25) is 0 Å². The lowest BCUT2D eigenvalue weighted by atomic mass is 9.96. The summed E-state index contributed by atoms with van der Waals surface area (Å²) in [6, 6.07) is -3.97. The van der Waals surface area contributed by atoms with E-state index in [0.717, 1.165) is 0 Å². The lowest BCUT2D eigenvalue weighted by Crippen LogP contribution is -2.15. The summed E-state index contributed by atoms with van der Waals surface area (Å²) in [6.07, 6.45) is 0. The molecule has 0 atom stereocenters. The first kappa shape index (κ1) is 2.98. The van der Waals surface area contributed by atoms with E-state index >= 15 is 0 Å². The van der Waals surface area contributed by atoms with Gasteiger partial charge in [-0.05, 0) is 11.6 Å². The summed E-state index contributed by atoms with van der Waals surface area (Å²) in [5, 5.41) is 0. The maximum atomic E-state index is 11.7. The fourth-order valence-corrected chi connectivity index (χ4v) is 0.866. The monoisotopic (exact) mass is 164 g/mol. The van der Waals surface area contributed by atoms with E-state index in [1.54, 1.807) is 0 Å². The Hall–Kier alpha value is -1.70. The molecule has 1 aromatic carbocycles. The van der Waals surface area contributed by atoms with Crippen LogP contribution in [0.1, 0.15) is 24.1 Å². The average Bonchev–Trinajstić information content (AvgIpc) is 2.35. The first-order chi connectivity index (χ1) is 8.29. The summed E-state index contributed by atoms with van der Waals surface area (Å²) in [7, 11) is 0. The van der Waals surface area contributed by atoms with Crippen molar-refractivity contribution in [2.75, 3.05) is 0 Å². The minimum Gasteiger partial charge on any atom is -0.286 e. The Labute approximate surface area is 77.9 Å². The van der Waals surface area contributed by atoms with Crippen molar-refractivity contribution in [3.05, 3.63) is 41.3 Å². The minimum absolute atomic E-state index is 0.379. The Morgan fingerprint density at radius 2 is 1.83 bits per heavy atom. The Morgan fingerprint density at radius 3 is 2.67 bits per heavy atom. The van der Waals surface area contributed by atoms with Crippen LogP contribution in [0.15, 0.2) is 30.2 Å². The number of fused-ring (bicyclic) bond motifs is 1. The highest BCUT2D eigenvalue weighted by Crippen LogP contribution is 2.16. The van der Waals surface area contributed by atoms with Crippen LogP contribution in [-0.2, 0) is 4.79 Å². The quantitative estimate of drug-likeness (QED) is 0.544. The summed E-state index contributed by atoms with van der Waals surface area (Å²) in [5.41, 5.74) is -0.900. The molecule has 2 nitrogen and oxygen atoms in total. The maximum absolute atomic E-state index is 11.7. The number of ketones is 2. The molecular formula is C10H6O2. The number of rotatable bonds is 0. The smallest absolute Gasteiger partial charge is 0.233 e. The van der Waals surface area contributed by atoms with Gasteiger partial charge in [-0.3, -0.25) is 9.59 Å². The number of Topliss-reactive ketones (excluding diaryl/α,β-unsaturated/α-hetero) is 1. The molecule has 0 fully saturated rings. The zero-order valence-electron chi connectivity index (χ0n) is 11.8. The largest absolute Gasteiger partial charge is 0.286 e. The Kier molecular flexibility index (Phi) is 0.598. The first-order valence-electron chi connectivity index (χ1n) is 6.16. The predicted molar refractivity (Wildman–Crippen MR) is 44.8 cm³/mol. The van der Waals surface area contributed by atoms with Gasteiger partial charge in [-0.2, -0.15) is 0 Å². The molecule has 0 N–H and O–H groups in total. The van der Waals surface area contributed by atoms with Gasteiger partial charge < -0.3 is 0 Å². The van der Waals surface area contributed by atoms with Crippen LogP contribution < -0.4 is 0 Å². The van der Waals surface area contributed by atoms with Crippen LogP contribution in [0.3, 0.4) is 0 Å². The third-order valence-electron chi connectivity index (χ3n) is 1.42. The van der Waals surface area contributed by atoms with Gasteiger partial charge in [0.2, 0.25) is 11.6 Å². The van der Waals surface area contributed by atoms with Gasteiger partial charge in [0.1, 0.15) is 0 Å². The molecule has 0 saturated heterocycles. The second kappa shape index (κ2) is 2.41. The molecule has 0 aliphatic heterocycles. The van der Waals surface area contributed by atoms with E-state index in [-0.39, 0.29) is 5.56 Å². The average molecular weight is 164 g/mol. The molecule has 12 heavy (non-hydrogen) atoms. The number of carbonyl (C=O) groups is 2. The van der Waals surface area contributed by atoms with Gasteiger partial charge >= 0.3 is 0 Å². The lowest BCUT2D eigenvalue weighted by Gasteiger charge is -2.06. The van der Waals surface area contributed by atoms with Crippen LogP contribution in [0.5, 0.6) is 0 Å². The third-order valence-corrected chi connectivity index (χ3v) is 1.42. The molecule has 0 spiro atoms. The Bertz CT molecular complexity index is 647. The number of hydrogen-bond acceptors (Lipinski definition) is 2. The van der Waals surface area contributed by atoms with Crippen molar-refractivity contribution >= 4 is 17.6 Å². The topological polar surface area (TPSA) is 34.1 Å². The molecule has 1 aliphatic rings. The summed E-state index contributed by atoms with van der Waals surface area (Å²) < 4.78 is 44.9. The zero-order chi connectivity index (χ0) is 13.8. The molecule has 0 heterocycles. The van der Waals surface area contributed by atoms with E-state index in [2.05, 4.69) is 0 Å². The van der Waals surface area contributed by atoms with Crippen molar-refractivity contribution in [3.63, 3.8) is 0 Å². The standard InChI is InChI=1S/C10H6O2/c11-9-6-5-7-3-1-2-4-8(7)10(9)12/h1-6H/i1D,2D,3D,4D,5D,6D. The first-order valence-corrected chi connectivity index (χ1v) is 3.16. The van der Waals surface area contributed by atoms with Gasteiger partial charge in [-0.1, -0.05) is 30.2 Å². The lowest BCUT2D eigenvalue weighted by molar-refractivity contribution is -0.110. The maximum Gasteiger partial charge on any atom is 0.233 e. The summed E-state index contributed by atoms with van der Waals surface area (Å²) >= 11 is 0. The van der Waals surface area contributed by atoms with E-state index in [1.807, 2.05) is 0 Å². The molecule has 0 unspecified atom stereocenters. The zero-order valence-corrected chi connectivity index (χ0v) is 5.82. The van der Waals surface area contributed by atoms with Crippen LogP contribution >= 0.6 is 0 Å². The molecule has 2 heteroatoms. The van der Waals surface area contributed by atoms with Crippen molar-refractivity contribution in [2.24, 2.45) is 0 Å². The minimum atomic E-state index is -1.22. The van der Waals surface area contributed by atoms with Gasteiger partial charge in [0, 0.05) is 5.56 Å². The van der Waals surface area contributed by atoms with Gasteiger partial charge in [-0.15, -0.1) is 0 Å². The van der Waals surface area contributed by atoms with E-state index in [9.17, 15) is 9.59 Å². The number of allylic oxidation sites excluding steroid dienone is 1. The van der Waals surface area contributed by atoms with Crippen molar-refractivity contribution in [3.8, 4) is 0 Å². The van der Waals surface area contributed by atoms with Crippen molar-refractivity contribution in [1.29, 1.82) is 0 Å². The van der Waals surface area contributed by atoms with Crippen LogP contribution in [0, 0.1) is 0 Å². The summed E-state index contributed by atoms with van der Waals surface area (Å²) in [4.78, 5) is 23.1. The molecule has 2 rings (SSSR count). The van der Waals surface area contributed by atoms with Crippen molar-refractivity contribution in [1.82, 2.24) is 0 Å². The summed E-state index contributed by atoms with van der Waals surface area (Å²) in [5.74, 6) is -2.39. The SMILES string of the molecule is [2H]C1=C([2H])c2c([2H])c([2H])c([2H])c([2H])c2C(=O)C1=O. The molecule has 1 aliphatic carbocycles. The number of hydrogen-bond donors (Lipinski definition) is 0. The van der Waals surface area contributed by atoms with Crippen LogP contribution in [0.4, 0.5) is 0 Å². The van der Waals surface area contributed by atoms with Gasteiger partial charge in [0.05, 0.1) is 8.22 Å². The fourth-order valence-electron chi connectivity index (χ4n) is 0.866. The molecule has 0 bridgehead atoms. The van der Waals surface area contributed by atoms with Crippen LogP contribution in [-0.4, -0.2) is 11.6 Å². The highest BCUT2D eigenvalue weighted by atomic mass is 16.2. The van der Waals surface area contributed by atoms with E-state index in [4.69, 9.17) is 8.22 Å². The second-order valence-electron chi connectivity index (χ2n) is 2.16. The van der Waals surface area contributed by atoms with E-state index in [1.165, 1.54) is 0 Å². The molecule has 58 valence electrons. The second-order valence-corrected chi connectivity index (χ2v) is 2.16. The third kappa shape index (κ3) is 0.889. The molecule has 0 aromatic heterocycles. The Balaban J connectivity index is 3.01. The van der Waals surface area contributed by atoms with Crippen molar-refractivity contribution < 1.29 is 17.8 Å². The highest BCUT2D eigenvalue weighted by molar-refractivity contribution is 6.49. The van der Waals surface area contributed by atoms with E-state index in [0.29, 0.717) is 0 Å². The van der Waals surface area contributed by atoms with E-state index < -0.39 is 53.4 Å². The number of carbonyl (C=O) groups excluding carboxylic acids is 2. The van der Waals surface area contributed by atoms with Gasteiger partial charge in [0.15, 0.2) is 0 Å². The Morgan fingerprint density at radius 1 is 1.08 bits per heavy atom. The van der Waals surface area contributed by atoms with Gasteiger partial charge in [-0.25, -0.2) is 0 Å². The van der Waals surface area contributed by atoms with Crippen molar-refractivity contribution in [2.45, 2.75) is 0 Å². The summed E-state index contributed by atoms with van der Waals surface area (Å²) in [6.45, 7) is 0. The molecule has 0 amide bonds. The molecular weight excluding hydrogens is 152 g/mol. The molecule has 0 saturated carbocycles. The predicted octanol–water partition coefficient (Wildman–Crippen LogP) is 1.47. The highest BCUT2D eigenvalue weighted by Gasteiger charge is 2.19. The van der Waals surface area contributed by atoms with Crippen LogP contribution in [0.25, 0.3) is 6.05 Å².